The Bertz CT molecular complexity index is 1140. The summed E-state index contributed by atoms with van der Waals surface area (Å²) in [5, 5.41) is 0. The van der Waals surface area contributed by atoms with Crippen LogP contribution < -0.4 is 0 Å². The Balaban J connectivity index is 1.78. The maximum atomic E-state index is 13.5. The van der Waals surface area contributed by atoms with E-state index in [4.69, 9.17) is 0 Å². The summed E-state index contributed by atoms with van der Waals surface area (Å²) in [6.07, 6.45) is 4.37. The molecule has 5 nitrogen and oxygen atoms in total. The average Bonchev–Trinajstić information content (AvgIpc) is 2.70. The molecule has 0 amide bonds. The van der Waals surface area contributed by atoms with Gasteiger partial charge in [-0.05, 0) is 29.5 Å². The minimum atomic E-state index is -0.508. The first-order valence-electron chi connectivity index (χ1n) is 9.80. The molecule has 0 N–H and O–H groups in total. The van der Waals surface area contributed by atoms with Gasteiger partial charge in [-0.25, -0.2) is 0 Å². The topological polar surface area (TPSA) is 76.5 Å². The van der Waals surface area contributed by atoms with Crippen molar-refractivity contribution in [1.29, 1.82) is 0 Å². The van der Waals surface area contributed by atoms with Crippen molar-refractivity contribution in [3.8, 4) is 0 Å². The number of benzene rings is 1. The second-order valence-corrected chi connectivity index (χ2v) is 8.79. The van der Waals surface area contributed by atoms with E-state index in [0.717, 1.165) is 5.56 Å². The number of fused-ring (bicyclic) bond motifs is 2. The Morgan fingerprint density at radius 3 is 2.21 bits per heavy atom. The van der Waals surface area contributed by atoms with E-state index in [-0.39, 0.29) is 28.5 Å². The van der Waals surface area contributed by atoms with Crippen LogP contribution in [0.4, 0.5) is 0 Å². The van der Waals surface area contributed by atoms with Gasteiger partial charge in [0.1, 0.15) is 11.5 Å². The van der Waals surface area contributed by atoms with Crippen LogP contribution in [0.25, 0.3) is 0 Å². The molecule has 0 bridgehead atoms. The SMILES string of the molecule is CC1(C)CC(=O)C2C(=NC3=C(C(=O)c4ccccc4C3=O)C2c2ccncc2)C1. The van der Waals surface area contributed by atoms with Crippen LogP contribution in [-0.2, 0) is 4.79 Å². The molecule has 0 spiro atoms. The standard InChI is InChI=1S/C24H20N2O3/c1-24(2)11-16-19(17(27)12-24)18(13-7-9-25-10-8-13)20-21(26-16)23(29)15-6-4-3-5-14(15)22(20)28/h3-10,18-19H,11-12H2,1-2H3. The predicted molar refractivity (Wildman–Crippen MR) is 108 cm³/mol. The molecule has 1 aliphatic heterocycles. The summed E-state index contributed by atoms with van der Waals surface area (Å²) in [5.74, 6) is -1.39. The van der Waals surface area contributed by atoms with Gasteiger partial charge in [0, 0.05) is 47.1 Å². The number of nitrogens with zero attached hydrogens (tertiary/aromatic N) is 2. The molecule has 144 valence electrons. The maximum Gasteiger partial charge on any atom is 0.212 e. The van der Waals surface area contributed by atoms with E-state index >= 15 is 0 Å². The van der Waals surface area contributed by atoms with E-state index in [1.54, 1.807) is 36.7 Å². The van der Waals surface area contributed by atoms with Gasteiger partial charge in [0.2, 0.25) is 5.78 Å². The summed E-state index contributed by atoms with van der Waals surface area (Å²) in [4.78, 5) is 48.7. The van der Waals surface area contributed by atoms with Crippen molar-refractivity contribution < 1.29 is 14.4 Å². The molecule has 3 aliphatic rings. The number of aromatic nitrogens is 1. The second kappa shape index (κ2) is 6.14. The largest absolute Gasteiger partial charge is 0.299 e. The van der Waals surface area contributed by atoms with Crippen LogP contribution >= 0.6 is 0 Å². The van der Waals surface area contributed by atoms with Crippen molar-refractivity contribution in [3.05, 3.63) is 76.8 Å². The number of ketones is 3. The Labute approximate surface area is 168 Å². The summed E-state index contributed by atoms with van der Waals surface area (Å²) in [7, 11) is 0. The Kier molecular flexibility index (Phi) is 3.78. The van der Waals surface area contributed by atoms with Gasteiger partial charge in [-0.2, -0.15) is 0 Å². The summed E-state index contributed by atoms with van der Waals surface area (Å²) in [5.41, 5.74) is 2.64. The highest BCUT2D eigenvalue weighted by Crippen LogP contribution is 2.49. The van der Waals surface area contributed by atoms with Crippen molar-refractivity contribution in [2.75, 3.05) is 0 Å². The first-order valence-corrected chi connectivity index (χ1v) is 9.80. The van der Waals surface area contributed by atoms with Crippen LogP contribution in [0.3, 0.4) is 0 Å². The number of allylic oxidation sites excluding steroid dienone is 2. The van der Waals surface area contributed by atoms with Crippen LogP contribution in [0, 0.1) is 11.3 Å². The third-order valence-electron chi connectivity index (χ3n) is 6.11. The number of pyridine rings is 1. The molecule has 29 heavy (non-hydrogen) atoms. The lowest BCUT2D eigenvalue weighted by Gasteiger charge is -2.42. The van der Waals surface area contributed by atoms with Crippen molar-refractivity contribution >= 4 is 23.1 Å². The number of hydrogen-bond acceptors (Lipinski definition) is 5. The van der Waals surface area contributed by atoms with Gasteiger partial charge in [-0.1, -0.05) is 38.1 Å². The quantitative estimate of drug-likeness (QED) is 0.746. The Morgan fingerprint density at radius 1 is 0.862 bits per heavy atom. The van der Waals surface area contributed by atoms with Gasteiger partial charge in [-0.3, -0.25) is 24.4 Å². The van der Waals surface area contributed by atoms with Gasteiger partial charge >= 0.3 is 0 Å². The zero-order chi connectivity index (χ0) is 20.3. The van der Waals surface area contributed by atoms with Crippen molar-refractivity contribution in [2.45, 2.75) is 32.6 Å². The summed E-state index contributed by atoms with van der Waals surface area (Å²) in [6.45, 7) is 4.08. The monoisotopic (exact) mass is 384 g/mol. The number of Topliss-reactive ketones (excluding diaryl/α,β-unsaturated/α-hetero) is 3. The van der Waals surface area contributed by atoms with E-state index in [9.17, 15) is 14.4 Å². The normalized spacial score (nSPS) is 25.2. The third-order valence-corrected chi connectivity index (χ3v) is 6.11. The van der Waals surface area contributed by atoms with E-state index in [2.05, 4.69) is 9.98 Å². The highest BCUT2D eigenvalue weighted by molar-refractivity contribution is 6.29. The lowest BCUT2D eigenvalue weighted by atomic mass is 9.62. The number of hydrogen-bond donors (Lipinski definition) is 0. The van der Waals surface area contributed by atoms with E-state index in [1.807, 2.05) is 26.0 Å². The van der Waals surface area contributed by atoms with Gasteiger partial charge in [-0.15, -0.1) is 0 Å². The molecule has 0 saturated heterocycles. The minimum Gasteiger partial charge on any atom is -0.299 e. The molecule has 1 saturated carbocycles. The molecular formula is C24H20N2O3. The van der Waals surface area contributed by atoms with Crippen molar-refractivity contribution in [3.63, 3.8) is 0 Å². The molecule has 1 aromatic heterocycles. The molecule has 2 aromatic rings. The molecule has 2 aliphatic carbocycles. The summed E-state index contributed by atoms with van der Waals surface area (Å²) < 4.78 is 0. The molecule has 2 heterocycles. The Morgan fingerprint density at radius 2 is 1.52 bits per heavy atom. The fourth-order valence-electron chi connectivity index (χ4n) is 4.94. The van der Waals surface area contributed by atoms with Crippen LogP contribution in [0.2, 0.25) is 0 Å². The van der Waals surface area contributed by atoms with Gasteiger partial charge in [0.05, 0.1) is 5.92 Å². The van der Waals surface area contributed by atoms with Crippen molar-refractivity contribution in [2.24, 2.45) is 16.3 Å². The van der Waals surface area contributed by atoms with Gasteiger partial charge in [0.25, 0.3) is 0 Å². The highest BCUT2D eigenvalue weighted by atomic mass is 16.1. The Hall–Kier alpha value is -3.21. The first-order chi connectivity index (χ1) is 13.9. The number of carbonyl (C=O) groups excluding carboxylic acids is 3. The third kappa shape index (κ3) is 2.64. The zero-order valence-electron chi connectivity index (χ0n) is 16.3. The zero-order valence-corrected chi connectivity index (χ0v) is 16.3. The van der Waals surface area contributed by atoms with Gasteiger partial charge < -0.3 is 0 Å². The molecular weight excluding hydrogens is 364 g/mol. The summed E-state index contributed by atoms with van der Waals surface area (Å²) >= 11 is 0. The van der Waals surface area contributed by atoms with Crippen molar-refractivity contribution in [1.82, 2.24) is 4.98 Å². The molecule has 1 aromatic carbocycles. The molecule has 2 unspecified atom stereocenters. The fraction of sp³-hybridized carbons (Fsp3) is 0.292. The predicted octanol–water partition coefficient (Wildman–Crippen LogP) is 3.96. The lowest BCUT2D eigenvalue weighted by Crippen LogP contribution is -2.45. The van der Waals surface area contributed by atoms with Crippen LogP contribution in [0.5, 0.6) is 0 Å². The van der Waals surface area contributed by atoms with E-state index < -0.39 is 11.8 Å². The number of rotatable bonds is 1. The van der Waals surface area contributed by atoms with Crippen LogP contribution in [0.1, 0.15) is 58.9 Å². The molecule has 5 rings (SSSR count). The molecule has 2 atom stereocenters. The smallest absolute Gasteiger partial charge is 0.212 e. The lowest BCUT2D eigenvalue weighted by molar-refractivity contribution is -0.124. The highest BCUT2D eigenvalue weighted by Gasteiger charge is 2.50. The van der Waals surface area contributed by atoms with E-state index in [1.165, 1.54) is 0 Å². The van der Waals surface area contributed by atoms with Gasteiger partial charge in [0.15, 0.2) is 5.78 Å². The van der Waals surface area contributed by atoms with E-state index in [0.29, 0.717) is 35.3 Å². The number of aliphatic imine (C=N–C) groups is 1. The molecule has 0 radical (unpaired) electrons. The average molecular weight is 384 g/mol. The first kappa shape index (κ1) is 17.9. The minimum absolute atomic E-state index is 0.0764. The fourth-order valence-corrected chi connectivity index (χ4v) is 4.94. The van der Waals surface area contributed by atoms with Crippen LogP contribution in [-0.4, -0.2) is 28.0 Å². The molecule has 5 heteroatoms. The second-order valence-electron chi connectivity index (χ2n) is 8.79. The molecule has 1 fully saturated rings. The van der Waals surface area contributed by atoms with Crippen LogP contribution in [0.15, 0.2) is 65.1 Å². The number of carbonyl (C=O) groups is 3. The summed E-state index contributed by atoms with van der Waals surface area (Å²) in [6, 6.07) is 10.5. The maximum absolute atomic E-state index is 13.5.